The predicted molar refractivity (Wildman–Crippen MR) is 113 cm³/mol. The predicted octanol–water partition coefficient (Wildman–Crippen LogP) is 2.39. The van der Waals surface area contributed by atoms with Crippen LogP contribution in [0.25, 0.3) is 0 Å². The molecular formula is C18H31IN4O3. The molecule has 1 saturated carbocycles. The van der Waals surface area contributed by atoms with Gasteiger partial charge >= 0.3 is 0 Å². The second kappa shape index (κ2) is 12.2. The van der Waals surface area contributed by atoms with Crippen LogP contribution in [0.1, 0.15) is 43.2 Å². The van der Waals surface area contributed by atoms with Gasteiger partial charge in [-0.25, -0.2) is 0 Å². The van der Waals surface area contributed by atoms with Crippen LogP contribution in [-0.4, -0.2) is 51.8 Å². The van der Waals surface area contributed by atoms with E-state index in [4.69, 9.17) is 14.1 Å². The van der Waals surface area contributed by atoms with Crippen molar-refractivity contribution in [2.75, 3.05) is 39.9 Å². The van der Waals surface area contributed by atoms with Gasteiger partial charge in [0.25, 0.3) is 5.91 Å². The number of halogens is 1. The fourth-order valence-corrected chi connectivity index (χ4v) is 2.92. The normalized spacial score (nSPS) is 15.5. The van der Waals surface area contributed by atoms with E-state index in [0.29, 0.717) is 24.3 Å². The van der Waals surface area contributed by atoms with Crippen molar-refractivity contribution in [1.82, 2.24) is 16.0 Å². The Morgan fingerprint density at radius 2 is 2.08 bits per heavy atom. The van der Waals surface area contributed by atoms with Gasteiger partial charge in [0.15, 0.2) is 11.7 Å². The number of furan rings is 1. The summed E-state index contributed by atoms with van der Waals surface area (Å²) in [5.41, 5.74) is 0.297. The third-order valence-corrected chi connectivity index (χ3v) is 4.62. The highest BCUT2D eigenvalue weighted by Gasteiger charge is 2.36. The average Bonchev–Trinajstić information content (AvgIpc) is 3.11. The van der Waals surface area contributed by atoms with Gasteiger partial charge in [-0.2, -0.15) is 0 Å². The summed E-state index contributed by atoms with van der Waals surface area (Å²) in [6.45, 7) is 5.54. The van der Waals surface area contributed by atoms with Gasteiger partial charge in [-0.3, -0.25) is 9.79 Å². The van der Waals surface area contributed by atoms with E-state index in [2.05, 4.69) is 16.0 Å². The zero-order valence-corrected chi connectivity index (χ0v) is 18.0. The zero-order valence-electron chi connectivity index (χ0n) is 15.7. The molecule has 0 atom stereocenters. The Bertz CT molecular complexity index is 545. The summed E-state index contributed by atoms with van der Waals surface area (Å²) in [6, 6.07) is 3.34. The van der Waals surface area contributed by atoms with E-state index >= 15 is 0 Å². The van der Waals surface area contributed by atoms with E-state index < -0.39 is 0 Å². The van der Waals surface area contributed by atoms with Crippen molar-refractivity contribution in [1.29, 1.82) is 0 Å². The lowest BCUT2D eigenvalue weighted by atomic mass is 9.67. The van der Waals surface area contributed by atoms with Crippen molar-refractivity contribution in [2.45, 2.75) is 32.6 Å². The van der Waals surface area contributed by atoms with Crippen molar-refractivity contribution in [3.05, 3.63) is 24.2 Å². The van der Waals surface area contributed by atoms with Crippen LogP contribution in [0.4, 0.5) is 0 Å². The third-order valence-electron chi connectivity index (χ3n) is 4.62. The second-order valence-electron chi connectivity index (χ2n) is 6.45. The summed E-state index contributed by atoms with van der Waals surface area (Å²) < 4.78 is 10.3. The van der Waals surface area contributed by atoms with Gasteiger partial charge in [0, 0.05) is 39.9 Å². The van der Waals surface area contributed by atoms with Crippen LogP contribution in [0.2, 0.25) is 0 Å². The molecule has 0 radical (unpaired) electrons. The molecular weight excluding hydrogens is 447 g/mol. The van der Waals surface area contributed by atoms with Gasteiger partial charge in [0.05, 0.1) is 6.26 Å². The van der Waals surface area contributed by atoms with E-state index in [-0.39, 0.29) is 29.9 Å². The van der Waals surface area contributed by atoms with Crippen molar-refractivity contribution >= 4 is 35.8 Å². The summed E-state index contributed by atoms with van der Waals surface area (Å²) >= 11 is 0. The Morgan fingerprint density at radius 1 is 1.31 bits per heavy atom. The Hall–Kier alpha value is -1.29. The Labute approximate surface area is 172 Å². The highest BCUT2D eigenvalue weighted by atomic mass is 127. The Kier molecular flexibility index (Phi) is 10.6. The molecule has 1 aromatic rings. The van der Waals surface area contributed by atoms with Crippen LogP contribution < -0.4 is 16.0 Å². The molecule has 1 aliphatic carbocycles. The number of guanidine groups is 1. The highest BCUT2D eigenvalue weighted by Crippen LogP contribution is 2.44. The molecule has 148 valence electrons. The van der Waals surface area contributed by atoms with E-state index in [1.165, 1.54) is 25.5 Å². The van der Waals surface area contributed by atoms with E-state index in [0.717, 1.165) is 32.1 Å². The fourth-order valence-electron chi connectivity index (χ4n) is 2.92. The topological polar surface area (TPSA) is 87.9 Å². The molecule has 26 heavy (non-hydrogen) atoms. The van der Waals surface area contributed by atoms with E-state index in [1.54, 1.807) is 19.2 Å². The minimum absolute atomic E-state index is 0. The molecule has 0 unspecified atom stereocenters. The molecule has 2 rings (SSSR count). The summed E-state index contributed by atoms with van der Waals surface area (Å²) in [7, 11) is 1.75. The van der Waals surface area contributed by atoms with Crippen LogP contribution in [0.3, 0.4) is 0 Å². The molecule has 1 aromatic heterocycles. The quantitative estimate of drug-likeness (QED) is 0.208. The Balaban J connectivity index is 0.00000338. The van der Waals surface area contributed by atoms with Crippen LogP contribution >= 0.6 is 24.0 Å². The number of aliphatic imine (C=N–C) groups is 1. The molecule has 0 aliphatic heterocycles. The first kappa shape index (κ1) is 22.8. The number of carbonyl (C=O) groups excluding carboxylic acids is 1. The van der Waals surface area contributed by atoms with E-state index in [9.17, 15) is 4.79 Å². The number of hydrogen-bond donors (Lipinski definition) is 3. The molecule has 1 amide bonds. The largest absolute Gasteiger partial charge is 0.459 e. The molecule has 7 nitrogen and oxygen atoms in total. The van der Waals surface area contributed by atoms with Gasteiger partial charge in [0.2, 0.25) is 0 Å². The van der Waals surface area contributed by atoms with Crippen LogP contribution in [0.15, 0.2) is 27.8 Å². The molecule has 3 N–H and O–H groups in total. The van der Waals surface area contributed by atoms with Crippen LogP contribution in [0.5, 0.6) is 0 Å². The van der Waals surface area contributed by atoms with Gasteiger partial charge < -0.3 is 25.1 Å². The number of rotatable bonds is 10. The molecule has 0 aromatic carbocycles. The lowest BCUT2D eigenvalue weighted by molar-refractivity contribution is 0.0778. The number of ether oxygens (including phenoxy) is 1. The van der Waals surface area contributed by atoms with Gasteiger partial charge in [-0.1, -0.05) is 6.42 Å². The first-order valence-electron chi connectivity index (χ1n) is 9.02. The fraction of sp³-hybridized carbons (Fsp3) is 0.667. The number of nitrogens with one attached hydrogen (secondary N) is 3. The monoisotopic (exact) mass is 478 g/mol. The number of amides is 1. The minimum Gasteiger partial charge on any atom is -0.459 e. The van der Waals surface area contributed by atoms with Crippen molar-refractivity contribution in [3.63, 3.8) is 0 Å². The summed E-state index contributed by atoms with van der Waals surface area (Å²) in [4.78, 5) is 16.5. The zero-order chi connectivity index (χ0) is 18.0. The molecule has 0 bridgehead atoms. The van der Waals surface area contributed by atoms with Crippen molar-refractivity contribution < 1.29 is 13.9 Å². The molecule has 0 spiro atoms. The number of hydrogen-bond acceptors (Lipinski definition) is 4. The maximum atomic E-state index is 11.8. The number of nitrogens with zero attached hydrogens (tertiary/aromatic N) is 1. The smallest absolute Gasteiger partial charge is 0.287 e. The standard InChI is InChI=1S/C18H30N4O3.HI/c1-3-19-17(22-14-18(7-5-8-18)9-13-24-2)21-11-10-20-16(23)15-6-4-12-25-15;/h4,6,12H,3,5,7-11,13-14H2,1-2H3,(H,20,23)(H2,19,21,22);1H. The SMILES string of the molecule is CCNC(=NCC1(CCOC)CCC1)NCCNC(=O)c1ccco1.I. The first-order valence-corrected chi connectivity index (χ1v) is 9.02. The lowest BCUT2D eigenvalue weighted by Crippen LogP contribution is -2.43. The van der Waals surface area contributed by atoms with Crippen LogP contribution in [-0.2, 0) is 4.74 Å². The summed E-state index contributed by atoms with van der Waals surface area (Å²) in [5, 5.41) is 9.32. The maximum absolute atomic E-state index is 11.8. The van der Waals surface area contributed by atoms with Gasteiger partial charge in [0.1, 0.15) is 0 Å². The molecule has 0 saturated heterocycles. The molecule has 1 fully saturated rings. The van der Waals surface area contributed by atoms with Crippen molar-refractivity contribution in [2.24, 2.45) is 10.4 Å². The van der Waals surface area contributed by atoms with Gasteiger partial charge in [-0.05, 0) is 43.7 Å². The first-order chi connectivity index (χ1) is 12.2. The number of methoxy groups -OCH3 is 1. The average molecular weight is 478 g/mol. The molecule has 1 aliphatic rings. The van der Waals surface area contributed by atoms with Crippen molar-refractivity contribution in [3.8, 4) is 0 Å². The van der Waals surface area contributed by atoms with Crippen LogP contribution in [0, 0.1) is 5.41 Å². The second-order valence-corrected chi connectivity index (χ2v) is 6.45. The lowest BCUT2D eigenvalue weighted by Gasteiger charge is -2.40. The minimum atomic E-state index is -0.207. The maximum Gasteiger partial charge on any atom is 0.287 e. The third kappa shape index (κ3) is 7.14. The number of carbonyl (C=O) groups is 1. The van der Waals surface area contributed by atoms with E-state index in [1.807, 2.05) is 6.92 Å². The molecule has 8 heteroatoms. The van der Waals surface area contributed by atoms with Gasteiger partial charge in [-0.15, -0.1) is 24.0 Å². The molecule has 1 heterocycles. The summed E-state index contributed by atoms with van der Waals surface area (Å²) in [6.07, 6.45) is 6.27. The highest BCUT2D eigenvalue weighted by molar-refractivity contribution is 14.0. The Morgan fingerprint density at radius 3 is 2.65 bits per heavy atom. The summed E-state index contributed by atoms with van der Waals surface area (Å²) in [5.74, 6) is 0.908.